The molecule has 1 saturated carbocycles. The first-order valence-electron chi connectivity index (χ1n) is 11.8. The van der Waals surface area contributed by atoms with Crippen molar-refractivity contribution in [3.8, 4) is 5.75 Å². The van der Waals surface area contributed by atoms with Crippen LogP contribution in [-0.4, -0.2) is 28.8 Å². The smallest absolute Gasteiger partial charge is 0.331 e. The Morgan fingerprint density at radius 3 is 2.46 bits per heavy atom. The Kier molecular flexibility index (Phi) is 6.31. The van der Waals surface area contributed by atoms with Crippen LogP contribution in [0.15, 0.2) is 66.2 Å². The third-order valence-corrected chi connectivity index (χ3v) is 6.60. The largest absolute Gasteiger partial charge is 0.488 e. The number of amides is 4. The van der Waals surface area contributed by atoms with E-state index in [9.17, 15) is 18.8 Å². The van der Waals surface area contributed by atoms with Gasteiger partial charge >= 0.3 is 6.03 Å². The fraction of sp³-hybridized carbons (Fsp3) is 0.250. The van der Waals surface area contributed by atoms with E-state index in [1.807, 2.05) is 30.3 Å². The molecule has 5 rings (SSSR count). The van der Waals surface area contributed by atoms with Gasteiger partial charge < -0.3 is 4.74 Å². The molecule has 6 nitrogen and oxygen atoms in total. The van der Waals surface area contributed by atoms with Crippen LogP contribution in [0.4, 0.5) is 9.18 Å². The normalized spacial score (nSPS) is 18.3. The number of hydrogen-bond acceptors (Lipinski definition) is 4. The number of benzene rings is 3. The molecular weight excluding hydrogens is 447 g/mol. The van der Waals surface area contributed by atoms with Crippen LogP contribution in [0.25, 0.3) is 16.8 Å². The molecule has 2 aliphatic rings. The van der Waals surface area contributed by atoms with Gasteiger partial charge in [-0.2, -0.15) is 0 Å². The molecule has 1 N–H and O–H groups in total. The minimum absolute atomic E-state index is 0.0989. The topological polar surface area (TPSA) is 75.7 Å². The highest BCUT2D eigenvalue weighted by Gasteiger charge is 2.40. The van der Waals surface area contributed by atoms with Gasteiger partial charge in [0.2, 0.25) is 0 Å². The van der Waals surface area contributed by atoms with E-state index in [1.54, 1.807) is 18.2 Å². The Morgan fingerprint density at radius 1 is 0.943 bits per heavy atom. The minimum Gasteiger partial charge on any atom is -0.488 e. The maximum absolute atomic E-state index is 13.4. The summed E-state index contributed by atoms with van der Waals surface area (Å²) in [5.41, 5.74) is 1.25. The molecule has 4 amide bonds. The van der Waals surface area contributed by atoms with E-state index in [-0.39, 0.29) is 24.0 Å². The van der Waals surface area contributed by atoms with Gasteiger partial charge in [-0.15, -0.1) is 0 Å². The number of carbonyl (C=O) groups excluding carboxylic acids is 3. The van der Waals surface area contributed by atoms with Crippen molar-refractivity contribution in [2.75, 3.05) is 0 Å². The molecule has 0 bridgehead atoms. The second kappa shape index (κ2) is 9.70. The second-order valence-electron chi connectivity index (χ2n) is 8.90. The zero-order chi connectivity index (χ0) is 24.4. The number of nitrogens with zero attached hydrogens (tertiary/aromatic N) is 1. The van der Waals surface area contributed by atoms with E-state index >= 15 is 0 Å². The number of hydrogen-bond donors (Lipinski definition) is 1. The molecule has 7 heteroatoms. The standard InChI is InChI=1S/C28H25FN2O4/c29-20-13-10-18(11-14-20)17-35-25-15-12-19-6-4-5-9-22(19)23(25)16-24-26(32)30-28(34)31(27(24)33)21-7-2-1-3-8-21/h4-6,9-16,21H,1-3,7-8,17H2,(H,30,32,34). The van der Waals surface area contributed by atoms with Crippen LogP contribution in [0.3, 0.4) is 0 Å². The van der Waals surface area contributed by atoms with Crippen molar-refractivity contribution in [3.05, 3.63) is 83.2 Å². The monoisotopic (exact) mass is 472 g/mol. The number of rotatable bonds is 5. The average molecular weight is 473 g/mol. The first-order valence-corrected chi connectivity index (χ1v) is 11.8. The Hall–Kier alpha value is -4.00. The van der Waals surface area contributed by atoms with Crippen LogP contribution in [0.5, 0.6) is 5.75 Å². The fourth-order valence-electron chi connectivity index (χ4n) is 4.78. The number of nitrogens with one attached hydrogen (secondary N) is 1. The van der Waals surface area contributed by atoms with Crippen molar-refractivity contribution in [2.45, 2.75) is 44.8 Å². The molecule has 1 aliphatic carbocycles. The summed E-state index contributed by atoms with van der Waals surface area (Å²) in [7, 11) is 0. The van der Waals surface area contributed by atoms with Crippen LogP contribution in [0.1, 0.15) is 43.2 Å². The molecule has 1 heterocycles. The predicted octanol–water partition coefficient (Wildman–Crippen LogP) is 5.35. The van der Waals surface area contributed by atoms with Gasteiger partial charge in [0, 0.05) is 11.6 Å². The van der Waals surface area contributed by atoms with Crippen molar-refractivity contribution >= 4 is 34.7 Å². The Labute approximate surface area is 202 Å². The van der Waals surface area contributed by atoms with E-state index < -0.39 is 17.8 Å². The maximum atomic E-state index is 13.4. The number of halogens is 1. The van der Waals surface area contributed by atoms with E-state index in [0.29, 0.717) is 11.3 Å². The summed E-state index contributed by atoms with van der Waals surface area (Å²) in [4.78, 5) is 40.0. The maximum Gasteiger partial charge on any atom is 0.331 e. The second-order valence-corrected chi connectivity index (χ2v) is 8.90. The third-order valence-electron chi connectivity index (χ3n) is 6.60. The quantitative estimate of drug-likeness (QED) is 0.401. The molecule has 0 radical (unpaired) electrons. The molecule has 0 unspecified atom stereocenters. The molecular formula is C28H25FN2O4. The highest BCUT2D eigenvalue weighted by atomic mass is 19.1. The lowest BCUT2D eigenvalue weighted by Gasteiger charge is -2.35. The number of imide groups is 2. The van der Waals surface area contributed by atoms with Gasteiger partial charge in [0.1, 0.15) is 23.7 Å². The summed E-state index contributed by atoms with van der Waals surface area (Å²) < 4.78 is 19.3. The minimum atomic E-state index is -0.718. The summed E-state index contributed by atoms with van der Waals surface area (Å²) >= 11 is 0. The third kappa shape index (κ3) is 4.67. The Morgan fingerprint density at radius 2 is 1.69 bits per heavy atom. The van der Waals surface area contributed by atoms with E-state index in [0.717, 1.165) is 48.4 Å². The van der Waals surface area contributed by atoms with Gasteiger partial charge in [0.15, 0.2) is 0 Å². The van der Waals surface area contributed by atoms with Gasteiger partial charge in [0.25, 0.3) is 11.8 Å². The number of carbonyl (C=O) groups is 3. The highest BCUT2D eigenvalue weighted by molar-refractivity contribution is 6.31. The van der Waals surface area contributed by atoms with Crippen molar-refractivity contribution in [3.63, 3.8) is 0 Å². The van der Waals surface area contributed by atoms with Gasteiger partial charge in [-0.25, -0.2) is 9.18 Å². The van der Waals surface area contributed by atoms with Gasteiger partial charge in [0.05, 0.1) is 0 Å². The van der Waals surface area contributed by atoms with Crippen LogP contribution < -0.4 is 10.1 Å². The van der Waals surface area contributed by atoms with Crippen molar-refractivity contribution in [1.82, 2.24) is 10.2 Å². The molecule has 3 aromatic rings. The average Bonchev–Trinajstić information content (AvgIpc) is 2.87. The Balaban J connectivity index is 1.53. The lowest BCUT2D eigenvalue weighted by atomic mass is 9.93. The number of fused-ring (bicyclic) bond motifs is 1. The van der Waals surface area contributed by atoms with Gasteiger partial charge in [-0.1, -0.05) is 61.7 Å². The number of urea groups is 1. The predicted molar refractivity (Wildman–Crippen MR) is 130 cm³/mol. The van der Waals surface area contributed by atoms with Crippen molar-refractivity contribution in [2.24, 2.45) is 0 Å². The van der Waals surface area contributed by atoms with E-state index in [1.165, 1.54) is 23.1 Å². The molecule has 0 aromatic heterocycles. The van der Waals surface area contributed by atoms with Gasteiger partial charge in [-0.3, -0.25) is 19.8 Å². The first-order chi connectivity index (χ1) is 17.0. The molecule has 0 spiro atoms. The summed E-state index contributed by atoms with van der Waals surface area (Å²) in [6.07, 6.45) is 5.95. The highest BCUT2D eigenvalue weighted by Crippen LogP contribution is 2.33. The number of ether oxygens (including phenoxy) is 1. The van der Waals surface area contributed by atoms with Crippen molar-refractivity contribution < 1.29 is 23.5 Å². The summed E-state index contributed by atoms with van der Waals surface area (Å²) in [6.45, 7) is 0.182. The van der Waals surface area contributed by atoms with E-state index in [2.05, 4.69) is 5.32 Å². The van der Waals surface area contributed by atoms with Gasteiger partial charge in [-0.05, 0) is 53.5 Å². The molecule has 1 saturated heterocycles. The molecule has 0 atom stereocenters. The molecule has 3 aromatic carbocycles. The van der Waals surface area contributed by atoms with Crippen molar-refractivity contribution in [1.29, 1.82) is 0 Å². The zero-order valence-corrected chi connectivity index (χ0v) is 19.1. The molecule has 1 aliphatic heterocycles. The molecule has 178 valence electrons. The molecule has 35 heavy (non-hydrogen) atoms. The first kappa shape index (κ1) is 22.8. The van der Waals surface area contributed by atoms with Crippen LogP contribution in [0, 0.1) is 5.82 Å². The number of barbiturate groups is 1. The van der Waals surface area contributed by atoms with Crippen LogP contribution in [-0.2, 0) is 16.2 Å². The summed E-state index contributed by atoms with van der Waals surface area (Å²) in [6, 6.07) is 16.4. The van der Waals surface area contributed by atoms with Crippen LogP contribution in [0.2, 0.25) is 0 Å². The fourth-order valence-corrected chi connectivity index (χ4v) is 4.78. The zero-order valence-electron chi connectivity index (χ0n) is 19.1. The summed E-state index contributed by atoms with van der Waals surface area (Å²) in [5.74, 6) is -1.15. The Bertz CT molecular complexity index is 1330. The lowest BCUT2D eigenvalue weighted by molar-refractivity contribution is -0.132. The SMILES string of the molecule is O=C1NC(=O)N(C2CCCCC2)C(=O)C1=Cc1c(OCc2ccc(F)cc2)ccc2ccccc12. The lowest BCUT2D eigenvalue weighted by Crippen LogP contribution is -2.58. The molecule has 2 fully saturated rings. The van der Waals surface area contributed by atoms with E-state index in [4.69, 9.17) is 4.74 Å². The summed E-state index contributed by atoms with van der Waals surface area (Å²) in [5, 5.41) is 4.06. The van der Waals surface area contributed by atoms with Crippen LogP contribution >= 0.6 is 0 Å².